The molecule has 2 heterocycles. The Balaban J connectivity index is 1.56. The van der Waals surface area contributed by atoms with Crippen molar-refractivity contribution >= 4 is 12.0 Å². The zero-order valence-corrected chi connectivity index (χ0v) is 14.9. The summed E-state index contributed by atoms with van der Waals surface area (Å²) >= 11 is 0. The lowest BCUT2D eigenvalue weighted by Gasteiger charge is -2.25. The Hall–Kier alpha value is -3.34. The Morgan fingerprint density at radius 2 is 2.04 bits per heavy atom. The predicted octanol–water partition coefficient (Wildman–Crippen LogP) is 3.99. The van der Waals surface area contributed by atoms with Crippen molar-refractivity contribution < 1.29 is 4.79 Å². The topological polar surface area (TPSA) is 67.8 Å². The summed E-state index contributed by atoms with van der Waals surface area (Å²) in [4.78, 5) is 26.0. The van der Waals surface area contributed by atoms with Crippen LogP contribution in [-0.4, -0.2) is 20.9 Å². The molecule has 1 N–H and O–H groups in total. The van der Waals surface area contributed by atoms with E-state index in [2.05, 4.69) is 21.9 Å². The van der Waals surface area contributed by atoms with Gasteiger partial charge in [0.15, 0.2) is 5.82 Å². The molecule has 5 heteroatoms. The zero-order valence-electron chi connectivity index (χ0n) is 14.9. The number of amides is 1. The van der Waals surface area contributed by atoms with Crippen LogP contribution in [0.5, 0.6) is 0 Å². The van der Waals surface area contributed by atoms with Gasteiger partial charge in [0.25, 0.3) is 5.91 Å². The van der Waals surface area contributed by atoms with Crippen LogP contribution in [-0.2, 0) is 6.42 Å². The molecule has 0 saturated carbocycles. The maximum absolute atomic E-state index is 12.6. The second-order valence-electron chi connectivity index (χ2n) is 6.58. The quantitative estimate of drug-likeness (QED) is 0.767. The van der Waals surface area contributed by atoms with Gasteiger partial charge in [-0.1, -0.05) is 24.8 Å². The van der Waals surface area contributed by atoms with E-state index in [1.165, 1.54) is 0 Å². The van der Waals surface area contributed by atoms with Gasteiger partial charge in [0, 0.05) is 41.0 Å². The van der Waals surface area contributed by atoms with Crippen molar-refractivity contribution in [3.05, 3.63) is 84.0 Å². The summed E-state index contributed by atoms with van der Waals surface area (Å²) in [5, 5.41) is 3.13. The number of rotatable bonds is 4. The SMILES string of the molecule is C=Cc1ccc(C(=O)NC2CCCc3nc(-c4cccnc4)ncc32)cc1. The first-order chi connectivity index (χ1) is 13.2. The highest BCUT2D eigenvalue weighted by atomic mass is 16.1. The van der Waals surface area contributed by atoms with E-state index < -0.39 is 0 Å². The van der Waals surface area contributed by atoms with Gasteiger partial charge >= 0.3 is 0 Å². The van der Waals surface area contributed by atoms with Crippen LogP contribution in [0.3, 0.4) is 0 Å². The third-order valence-electron chi connectivity index (χ3n) is 4.82. The Bertz CT molecular complexity index is 967. The number of hydrogen-bond donors (Lipinski definition) is 1. The average molecular weight is 356 g/mol. The Labute approximate surface area is 158 Å². The van der Waals surface area contributed by atoms with Crippen LogP contribution in [0.25, 0.3) is 17.5 Å². The summed E-state index contributed by atoms with van der Waals surface area (Å²) in [6, 6.07) is 11.2. The number of pyridine rings is 1. The molecule has 0 fully saturated rings. The molecule has 0 saturated heterocycles. The highest BCUT2D eigenvalue weighted by molar-refractivity contribution is 5.94. The van der Waals surface area contributed by atoms with Crippen LogP contribution in [0, 0.1) is 0 Å². The van der Waals surface area contributed by atoms with Gasteiger partial charge in [-0.15, -0.1) is 0 Å². The van der Waals surface area contributed by atoms with E-state index in [4.69, 9.17) is 4.98 Å². The largest absolute Gasteiger partial charge is 0.345 e. The summed E-state index contributed by atoms with van der Waals surface area (Å²) in [7, 11) is 0. The summed E-state index contributed by atoms with van der Waals surface area (Å²) < 4.78 is 0. The maximum Gasteiger partial charge on any atom is 0.251 e. The van der Waals surface area contributed by atoms with E-state index in [0.29, 0.717) is 11.4 Å². The lowest BCUT2D eigenvalue weighted by atomic mass is 9.92. The van der Waals surface area contributed by atoms with Gasteiger partial charge in [-0.2, -0.15) is 0 Å². The first-order valence-corrected chi connectivity index (χ1v) is 9.04. The van der Waals surface area contributed by atoms with E-state index >= 15 is 0 Å². The molecule has 1 aromatic carbocycles. The predicted molar refractivity (Wildman–Crippen MR) is 105 cm³/mol. The minimum Gasteiger partial charge on any atom is -0.345 e. The fourth-order valence-electron chi connectivity index (χ4n) is 3.34. The molecule has 1 unspecified atom stereocenters. The fraction of sp³-hybridized carbons (Fsp3) is 0.182. The van der Waals surface area contributed by atoms with Crippen LogP contribution < -0.4 is 5.32 Å². The lowest BCUT2D eigenvalue weighted by molar-refractivity contribution is 0.0932. The molecule has 0 aliphatic heterocycles. The molecule has 1 aliphatic rings. The van der Waals surface area contributed by atoms with Crippen LogP contribution in [0.4, 0.5) is 0 Å². The van der Waals surface area contributed by atoms with Gasteiger partial charge in [-0.25, -0.2) is 9.97 Å². The van der Waals surface area contributed by atoms with Crippen molar-refractivity contribution in [3.8, 4) is 11.4 Å². The highest BCUT2D eigenvalue weighted by Gasteiger charge is 2.24. The standard InChI is InChI=1S/C22H20N4O/c1-2-15-8-10-16(11-9-15)22(27)26-20-7-3-6-19-18(20)14-24-21(25-19)17-5-4-12-23-13-17/h2,4-5,8-14,20H,1,3,6-7H2,(H,26,27). The van der Waals surface area contributed by atoms with Crippen molar-refractivity contribution in [1.29, 1.82) is 0 Å². The van der Waals surface area contributed by atoms with E-state index in [0.717, 1.165) is 41.6 Å². The van der Waals surface area contributed by atoms with Gasteiger partial charge in [0.1, 0.15) is 0 Å². The lowest BCUT2D eigenvalue weighted by Crippen LogP contribution is -2.31. The van der Waals surface area contributed by atoms with Gasteiger partial charge in [0.2, 0.25) is 0 Å². The fourth-order valence-corrected chi connectivity index (χ4v) is 3.34. The number of carbonyl (C=O) groups excluding carboxylic acids is 1. The normalized spacial score (nSPS) is 15.6. The molecule has 4 rings (SSSR count). The van der Waals surface area contributed by atoms with Gasteiger partial charge in [-0.3, -0.25) is 9.78 Å². The third kappa shape index (κ3) is 3.62. The van der Waals surface area contributed by atoms with E-state index in [-0.39, 0.29) is 11.9 Å². The molecule has 0 bridgehead atoms. The van der Waals surface area contributed by atoms with Crippen LogP contribution in [0.1, 0.15) is 46.1 Å². The number of fused-ring (bicyclic) bond motifs is 1. The molecule has 0 spiro atoms. The molecule has 5 nitrogen and oxygen atoms in total. The highest BCUT2D eigenvalue weighted by Crippen LogP contribution is 2.29. The Morgan fingerprint density at radius 1 is 1.19 bits per heavy atom. The number of aromatic nitrogens is 3. The zero-order chi connectivity index (χ0) is 18.6. The first-order valence-electron chi connectivity index (χ1n) is 9.04. The molecule has 1 amide bonds. The molecule has 1 atom stereocenters. The number of hydrogen-bond acceptors (Lipinski definition) is 4. The molecule has 1 aliphatic carbocycles. The summed E-state index contributed by atoms with van der Waals surface area (Å²) in [6.07, 6.45) is 9.86. The molecule has 27 heavy (non-hydrogen) atoms. The molecule has 2 aromatic heterocycles. The molecular weight excluding hydrogens is 336 g/mol. The minimum atomic E-state index is -0.0835. The number of nitrogens with zero attached hydrogens (tertiary/aromatic N) is 3. The monoisotopic (exact) mass is 356 g/mol. The number of benzene rings is 1. The molecule has 0 radical (unpaired) electrons. The summed E-state index contributed by atoms with van der Waals surface area (Å²) in [5.74, 6) is 0.591. The second-order valence-corrected chi connectivity index (χ2v) is 6.58. The van der Waals surface area contributed by atoms with Crippen molar-refractivity contribution in [2.75, 3.05) is 0 Å². The van der Waals surface area contributed by atoms with Crippen LogP contribution in [0.15, 0.2) is 61.6 Å². The minimum absolute atomic E-state index is 0.0664. The van der Waals surface area contributed by atoms with Crippen molar-refractivity contribution in [2.24, 2.45) is 0 Å². The second kappa shape index (κ2) is 7.50. The molecule has 134 valence electrons. The van der Waals surface area contributed by atoms with Crippen molar-refractivity contribution in [1.82, 2.24) is 20.3 Å². The first kappa shape index (κ1) is 17.1. The maximum atomic E-state index is 12.6. The summed E-state index contributed by atoms with van der Waals surface area (Å²) in [6.45, 7) is 3.73. The number of aryl methyl sites for hydroxylation is 1. The van der Waals surface area contributed by atoms with Crippen molar-refractivity contribution in [2.45, 2.75) is 25.3 Å². The van der Waals surface area contributed by atoms with Gasteiger partial charge in [0.05, 0.1) is 6.04 Å². The third-order valence-corrected chi connectivity index (χ3v) is 4.82. The number of nitrogens with one attached hydrogen (secondary N) is 1. The van der Waals surface area contributed by atoms with Crippen LogP contribution >= 0.6 is 0 Å². The van der Waals surface area contributed by atoms with E-state index in [1.54, 1.807) is 18.5 Å². The molecular formula is C22H20N4O. The summed E-state index contributed by atoms with van der Waals surface area (Å²) in [5.41, 5.74) is 4.53. The Morgan fingerprint density at radius 3 is 2.78 bits per heavy atom. The number of carbonyl (C=O) groups is 1. The average Bonchev–Trinajstić information content (AvgIpc) is 2.74. The molecule has 3 aromatic rings. The van der Waals surface area contributed by atoms with E-state index in [1.807, 2.05) is 42.6 Å². The van der Waals surface area contributed by atoms with Crippen molar-refractivity contribution in [3.63, 3.8) is 0 Å². The van der Waals surface area contributed by atoms with E-state index in [9.17, 15) is 4.79 Å². The van der Waals surface area contributed by atoms with Crippen LogP contribution in [0.2, 0.25) is 0 Å². The van der Waals surface area contributed by atoms with Gasteiger partial charge in [-0.05, 0) is 49.1 Å². The van der Waals surface area contributed by atoms with Gasteiger partial charge < -0.3 is 5.32 Å². The smallest absolute Gasteiger partial charge is 0.251 e. The Kier molecular flexibility index (Phi) is 4.75.